The highest BCUT2D eigenvalue weighted by Gasteiger charge is 2.14. The van der Waals surface area contributed by atoms with E-state index in [9.17, 15) is 14.9 Å². The van der Waals surface area contributed by atoms with Gasteiger partial charge in [0.15, 0.2) is 0 Å². The molecule has 0 heterocycles. The summed E-state index contributed by atoms with van der Waals surface area (Å²) >= 11 is 1.68. The minimum Gasteiger partial charge on any atom is -0.495 e. The molecule has 0 saturated heterocycles. The van der Waals surface area contributed by atoms with E-state index in [1.807, 2.05) is 12.1 Å². The molecule has 2 aromatic rings. The van der Waals surface area contributed by atoms with Crippen molar-refractivity contribution in [3.63, 3.8) is 0 Å². The second-order valence-corrected chi connectivity index (χ2v) is 5.89. The molecule has 0 saturated carbocycles. The van der Waals surface area contributed by atoms with Crippen LogP contribution in [0, 0.1) is 10.1 Å². The molecule has 0 aliphatic rings. The summed E-state index contributed by atoms with van der Waals surface area (Å²) in [5.41, 5.74) is 0.619. The number of benzene rings is 2. The van der Waals surface area contributed by atoms with Crippen LogP contribution in [-0.4, -0.2) is 23.7 Å². The number of amides is 1. The van der Waals surface area contributed by atoms with Gasteiger partial charge in [-0.05, 0) is 36.1 Å². The summed E-state index contributed by atoms with van der Waals surface area (Å²) in [7, 11) is 1.44. The molecule has 1 N–H and O–H groups in total. The van der Waals surface area contributed by atoms with Crippen molar-refractivity contribution in [1.29, 1.82) is 0 Å². The lowest BCUT2D eigenvalue weighted by Crippen LogP contribution is -2.12. The number of anilines is 1. The topological polar surface area (TPSA) is 81.5 Å². The van der Waals surface area contributed by atoms with E-state index in [0.29, 0.717) is 11.3 Å². The molecule has 0 aliphatic carbocycles. The molecule has 0 radical (unpaired) electrons. The Morgan fingerprint density at radius 3 is 2.52 bits per heavy atom. The van der Waals surface area contributed by atoms with Crippen LogP contribution in [-0.2, 0) is 0 Å². The Hall–Kier alpha value is -2.54. The van der Waals surface area contributed by atoms with Gasteiger partial charge >= 0.3 is 0 Å². The predicted molar refractivity (Wildman–Crippen MR) is 90.4 cm³/mol. The third-order valence-electron chi connectivity index (χ3n) is 3.07. The molecule has 0 aliphatic heterocycles. The van der Waals surface area contributed by atoms with Crippen LogP contribution in [0.2, 0.25) is 0 Å². The van der Waals surface area contributed by atoms with E-state index < -0.39 is 4.92 Å². The second kappa shape index (κ2) is 7.64. The van der Waals surface area contributed by atoms with Gasteiger partial charge in [0.25, 0.3) is 11.6 Å². The second-order valence-electron chi connectivity index (χ2n) is 4.55. The van der Waals surface area contributed by atoms with Crippen LogP contribution in [0.4, 0.5) is 11.4 Å². The third kappa shape index (κ3) is 4.23. The molecular formula is C16H16N2O4S. The summed E-state index contributed by atoms with van der Waals surface area (Å²) in [5.74, 6) is 0.968. The van der Waals surface area contributed by atoms with E-state index in [-0.39, 0.29) is 17.3 Å². The number of ether oxygens (including phenoxy) is 1. The molecule has 0 atom stereocenters. The largest absolute Gasteiger partial charge is 0.495 e. The van der Waals surface area contributed by atoms with Crippen LogP contribution in [0.5, 0.6) is 5.75 Å². The van der Waals surface area contributed by atoms with Gasteiger partial charge in [0.1, 0.15) is 5.75 Å². The number of carbonyl (C=O) groups excluding carboxylic acids is 1. The maximum Gasteiger partial charge on any atom is 0.271 e. The molecule has 0 fully saturated rings. The summed E-state index contributed by atoms with van der Waals surface area (Å²) in [5, 5.41) is 13.5. The first-order chi connectivity index (χ1) is 11.0. The van der Waals surface area contributed by atoms with E-state index in [4.69, 9.17) is 4.74 Å². The van der Waals surface area contributed by atoms with Crippen molar-refractivity contribution in [3.05, 3.63) is 58.1 Å². The molecule has 120 valence electrons. The number of nitro groups is 1. The number of hydrogen-bond donors (Lipinski definition) is 1. The van der Waals surface area contributed by atoms with Gasteiger partial charge in [-0.3, -0.25) is 14.9 Å². The average molecular weight is 332 g/mol. The molecular weight excluding hydrogens is 316 g/mol. The number of carbonyl (C=O) groups is 1. The number of hydrogen-bond acceptors (Lipinski definition) is 5. The maximum atomic E-state index is 12.3. The zero-order chi connectivity index (χ0) is 16.8. The third-order valence-corrected chi connectivity index (χ3v) is 3.96. The van der Waals surface area contributed by atoms with Crippen molar-refractivity contribution < 1.29 is 14.5 Å². The average Bonchev–Trinajstić information content (AvgIpc) is 2.55. The lowest BCUT2D eigenvalue weighted by Gasteiger charge is -2.10. The van der Waals surface area contributed by atoms with Gasteiger partial charge < -0.3 is 10.1 Å². The Bertz CT molecular complexity index is 717. The van der Waals surface area contributed by atoms with Crippen LogP contribution in [0.15, 0.2) is 47.4 Å². The SMILES string of the molecule is CCSc1ccc(C(=O)Nc2cc([N+](=O)[O-])ccc2OC)cc1. The van der Waals surface area contributed by atoms with Crippen LogP contribution in [0.3, 0.4) is 0 Å². The number of non-ortho nitro benzene ring substituents is 1. The monoisotopic (exact) mass is 332 g/mol. The number of nitro benzene ring substituents is 1. The van der Waals surface area contributed by atoms with E-state index in [1.165, 1.54) is 25.3 Å². The van der Waals surface area contributed by atoms with Crippen LogP contribution in [0.25, 0.3) is 0 Å². The van der Waals surface area contributed by atoms with E-state index >= 15 is 0 Å². The Balaban J connectivity index is 2.21. The highest BCUT2D eigenvalue weighted by molar-refractivity contribution is 7.99. The zero-order valence-corrected chi connectivity index (χ0v) is 13.6. The number of rotatable bonds is 6. The van der Waals surface area contributed by atoms with Crippen molar-refractivity contribution in [2.45, 2.75) is 11.8 Å². The van der Waals surface area contributed by atoms with Crippen LogP contribution in [0.1, 0.15) is 17.3 Å². The fourth-order valence-corrected chi connectivity index (χ4v) is 2.63. The normalized spacial score (nSPS) is 10.2. The van der Waals surface area contributed by atoms with Gasteiger partial charge in [0.2, 0.25) is 0 Å². The summed E-state index contributed by atoms with van der Waals surface area (Å²) in [6.07, 6.45) is 0. The molecule has 0 unspecified atom stereocenters. The maximum absolute atomic E-state index is 12.3. The molecule has 2 rings (SSSR count). The molecule has 0 spiro atoms. The van der Waals surface area contributed by atoms with Gasteiger partial charge in [-0.1, -0.05) is 6.92 Å². The minimum absolute atomic E-state index is 0.115. The number of nitrogens with zero attached hydrogens (tertiary/aromatic N) is 1. The highest BCUT2D eigenvalue weighted by Crippen LogP contribution is 2.29. The van der Waals surface area contributed by atoms with Crippen molar-refractivity contribution in [2.75, 3.05) is 18.2 Å². The number of nitrogens with one attached hydrogen (secondary N) is 1. The first-order valence-corrected chi connectivity index (χ1v) is 7.90. The summed E-state index contributed by atoms with van der Waals surface area (Å²) < 4.78 is 5.13. The molecule has 23 heavy (non-hydrogen) atoms. The summed E-state index contributed by atoms with van der Waals surface area (Å²) in [4.78, 5) is 23.7. The Morgan fingerprint density at radius 1 is 1.26 bits per heavy atom. The molecule has 1 amide bonds. The smallest absolute Gasteiger partial charge is 0.271 e. The summed E-state index contributed by atoms with van der Waals surface area (Å²) in [6, 6.07) is 11.2. The van der Waals surface area contributed by atoms with Gasteiger partial charge in [-0.15, -0.1) is 11.8 Å². The van der Waals surface area contributed by atoms with Crippen molar-refractivity contribution in [3.8, 4) is 5.75 Å². The molecule has 0 aromatic heterocycles. The van der Waals surface area contributed by atoms with Crippen LogP contribution < -0.4 is 10.1 Å². The standard InChI is InChI=1S/C16H16N2O4S/c1-3-23-13-7-4-11(5-8-13)16(19)17-14-10-12(18(20)21)6-9-15(14)22-2/h4-10H,3H2,1-2H3,(H,17,19). The fraction of sp³-hybridized carbons (Fsp3) is 0.188. The van der Waals surface area contributed by atoms with Gasteiger partial charge in [0, 0.05) is 22.6 Å². The highest BCUT2D eigenvalue weighted by atomic mass is 32.2. The lowest BCUT2D eigenvalue weighted by molar-refractivity contribution is -0.384. The van der Waals surface area contributed by atoms with E-state index in [0.717, 1.165) is 10.6 Å². The molecule has 7 heteroatoms. The van der Waals surface area contributed by atoms with Crippen molar-refractivity contribution >= 4 is 29.0 Å². The molecule has 0 bridgehead atoms. The Morgan fingerprint density at radius 2 is 1.96 bits per heavy atom. The van der Waals surface area contributed by atoms with Crippen molar-refractivity contribution in [2.24, 2.45) is 0 Å². The number of thioether (sulfide) groups is 1. The first-order valence-electron chi connectivity index (χ1n) is 6.91. The van der Waals surface area contributed by atoms with E-state index in [1.54, 1.807) is 23.9 Å². The summed E-state index contributed by atoms with van der Waals surface area (Å²) in [6.45, 7) is 2.06. The quantitative estimate of drug-likeness (QED) is 0.492. The Labute approximate surface area is 138 Å². The predicted octanol–water partition coefficient (Wildman–Crippen LogP) is 3.97. The van der Waals surface area contributed by atoms with E-state index in [2.05, 4.69) is 12.2 Å². The number of methoxy groups -OCH3 is 1. The zero-order valence-electron chi connectivity index (χ0n) is 12.7. The molecule has 6 nitrogen and oxygen atoms in total. The van der Waals surface area contributed by atoms with Gasteiger partial charge in [-0.25, -0.2) is 0 Å². The molecule has 2 aromatic carbocycles. The fourth-order valence-electron chi connectivity index (χ4n) is 1.97. The minimum atomic E-state index is -0.522. The van der Waals surface area contributed by atoms with Gasteiger partial charge in [0.05, 0.1) is 17.7 Å². The van der Waals surface area contributed by atoms with Crippen LogP contribution >= 0.6 is 11.8 Å². The lowest BCUT2D eigenvalue weighted by atomic mass is 10.2. The first kappa shape index (κ1) is 16.8. The Kier molecular flexibility index (Phi) is 5.59. The van der Waals surface area contributed by atoms with Gasteiger partial charge in [-0.2, -0.15) is 0 Å². The van der Waals surface area contributed by atoms with Crippen molar-refractivity contribution in [1.82, 2.24) is 0 Å².